The molecule has 7 nitrogen and oxygen atoms in total. The van der Waals surface area contributed by atoms with Crippen LogP contribution in [0.15, 0.2) is 24.3 Å². The smallest absolute Gasteiger partial charge is 0.273 e. The number of rotatable bonds is 14. The van der Waals surface area contributed by atoms with Gasteiger partial charge in [0, 0.05) is 12.5 Å². The molecule has 0 atom stereocenters. The number of hydrazine groups is 1. The van der Waals surface area contributed by atoms with Crippen LogP contribution in [-0.2, 0) is 4.79 Å². The van der Waals surface area contributed by atoms with Crippen molar-refractivity contribution >= 4 is 17.5 Å². The van der Waals surface area contributed by atoms with Crippen molar-refractivity contribution in [3.63, 3.8) is 0 Å². The van der Waals surface area contributed by atoms with Crippen LogP contribution in [0.2, 0.25) is 0 Å². The number of nitrogens with zero attached hydrogens (tertiary/aromatic N) is 1. The van der Waals surface area contributed by atoms with E-state index in [4.69, 9.17) is 0 Å². The van der Waals surface area contributed by atoms with Crippen molar-refractivity contribution in [1.29, 1.82) is 0 Å². The van der Waals surface area contributed by atoms with Gasteiger partial charge in [-0.05, 0) is 12.5 Å². The van der Waals surface area contributed by atoms with Crippen LogP contribution < -0.4 is 10.9 Å². The molecule has 0 spiro atoms. The van der Waals surface area contributed by atoms with Crippen molar-refractivity contribution in [2.24, 2.45) is 0 Å². The lowest BCUT2D eigenvalue weighted by atomic mass is 10.1. The number of para-hydroxylation sites is 1. The highest BCUT2D eigenvalue weighted by molar-refractivity contribution is 5.98. The van der Waals surface area contributed by atoms with Crippen molar-refractivity contribution in [2.75, 3.05) is 0 Å². The Kier molecular flexibility index (Phi) is 12.3. The molecule has 2 N–H and O–H groups in total. The van der Waals surface area contributed by atoms with E-state index in [9.17, 15) is 19.7 Å². The monoisotopic (exact) mass is 391 g/mol. The molecular weight excluding hydrogens is 358 g/mol. The fourth-order valence-electron chi connectivity index (χ4n) is 3.03. The van der Waals surface area contributed by atoms with Gasteiger partial charge in [-0.2, -0.15) is 0 Å². The molecule has 28 heavy (non-hydrogen) atoms. The maximum absolute atomic E-state index is 12.0. The molecule has 0 heterocycles. The van der Waals surface area contributed by atoms with E-state index in [0.717, 1.165) is 19.3 Å². The number of hydrogen-bond donors (Lipinski definition) is 2. The van der Waals surface area contributed by atoms with E-state index < -0.39 is 10.8 Å². The summed E-state index contributed by atoms with van der Waals surface area (Å²) >= 11 is 0. The molecule has 2 amide bonds. The number of hydrogen-bond acceptors (Lipinski definition) is 4. The highest BCUT2D eigenvalue weighted by atomic mass is 16.6. The summed E-state index contributed by atoms with van der Waals surface area (Å²) in [6.07, 6.45) is 13.6. The van der Waals surface area contributed by atoms with Crippen LogP contribution in [0, 0.1) is 10.1 Å². The van der Waals surface area contributed by atoms with Gasteiger partial charge < -0.3 is 0 Å². The minimum atomic E-state index is -0.695. The predicted octanol–water partition coefficient (Wildman–Crippen LogP) is 5.06. The van der Waals surface area contributed by atoms with Crippen LogP contribution in [0.4, 0.5) is 5.69 Å². The molecule has 1 aromatic carbocycles. The van der Waals surface area contributed by atoms with Gasteiger partial charge in [0.05, 0.1) is 4.92 Å². The van der Waals surface area contributed by atoms with E-state index >= 15 is 0 Å². The van der Waals surface area contributed by atoms with E-state index in [1.165, 1.54) is 75.6 Å². The first-order valence-electron chi connectivity index (χ1n) is 10.4. The summed E-state index contributed by atoms with van der Waals surface area (Å²) in [4.78, 5) is 34.1. The lowest BCUT2D eigenvalue weighted by Crippen LogP contribution is -2.41. The van der Waals surface area contributed by atoms with Gasteiger partial charge in [-0.3, -0.25) is 30.6 Å². The molecule has 0 aliphatic rings. The van der Waals surface area contributed by atoms with Gasteiger partial charge >= 0.3 is 0 Å². The number of carbonyl (C=O) groups excluding carboxylic acids is 2. The predicted molar refractivity (Wildman–Crippen MR) is 110 cm³/mol. The Bertz CT molecular complexity index is 619. The molecular formula is C21H33N3O4. The minimum absolute atomic E-state index is 0.0810. The fraction of sp³-hybridized carbons (Fsp3) is 0.619. The summed E-state index contributed by atoms with van der Waals surface area (Å²) in [6, 6.07) is 5.63. The third-order valence-corrected chi connectivity index (χ3v) is 4.67. The Morgan fingerprint density at radius 1 is 0.857 bits per heavy atom. The third kappa shape index (κ3) is 10.0. The van der Waals surface area contributed by atoms with Gasteiger partial charge in [-0.15, -0.1) is 0 Å². The van der Waals surface area contributed by atoms with Gasteiger partial charge in [0.2, 0.25) is 5.91 Å². The van der Waals surface area contributed by atoms with Gasteiger partial charge in [-0.25, -0.2) is 0 Å². The molecule has 1 rings (SSSR count). The number of nitro benzene ring substituents is 1. The average Bonchev–Trinajstić information content (AvgIpc) is 2.70. The molecule has 0 saturated heterocycles. The SMILES string of the molecule is CCCCCCCCCCCCCC(=O)NNC(=O)c1ccccc1[N+](=O)[O-]. The Labute approximate surface area is 167 Å². The summed E-state index contributed by atoms with van der Waals surface area (Å²) in [6.45, 7) is 2.23. The molecule has 0 radical (unpaired) electrons. The maximum Gasteiger partial charge on any atom is 0.282 e. The van der Waals surface area contributed by atoms with Crippen molar-refractivity contribution in [1.82, 2.24) is 10.9 Å². The van der Waals surface area contributed by atoms with E-state index in [1.54, 1.807) is 0 Å². The number of amides is 2. The second kappa shape index (κ2) is 14.6. The lowest BCUT2D eigenvalue weighted by Gasteiger charge is -2.08. The van der Waals surface area contributed by atoms with Crippen LogP contribution in [-0.4, -0.2) is 16.7 Å². The maximum atomic E-state index is 12.0. The molecule has 0 aliphatic carbocycles. The quantitative estimate of drug-likeness (QED) is 0.263. The largest absolute Gasteiger partial charge is 0.282 e. The molecule has 0 saturated carbocycles. The second-order valence-electron chi connectivity index (χ2n) is 7.06. The normalized spacial score (nSPS) is 10.5. The molecule has 0 bridgehead atoms. The van der Waals surface area contributed by atoms with Crippen LogP contribution in [0.25, 0.3) is 0 Å². The van der Waals surface area contributed by atoms with E-state index in [2.05, 4.69) is 17.8 Å². The van der Waals surface area contributed by atoms with Crippen LogP contribution in [0.3, 0.4) is 0 Å². The molecule has 0 aromatic heterocycles. The van der Waals surface area contributed by atoms with Crippen molar-refractivity contribution < 1.29 is 14.5 Å². The molecule has 0 unspecified atom stereocenters. The Hall–Kier alpha value is -2.44. The van der Waals surface area contributed by atoms with Gasteiger partial charge in [0.25, 0.3) is 11.6 Å². The van der Waals surface area contributed by atoms with Crippen LogP contribution in [0.1, 0.15) is 94.3 Å². The second-order valence-corrected chi connectivity index (χ2v) is 7.06. The van der Waals surface area contributed by atoms with Crippen molar-refractivity contribution in [3.8, 4) is 0 Å². The zero-order chi connectivity index (χ0) is 20.6. The zero-order valence-corrected chi connectivity index (χ0v) is 16.9. The summed E-state index contributed by atoms with van der Waals surface area (Å²) in [7, 11) is 0. The topological polar surface area (TPSA) is 101 Å². The lowest BCUT2D eigenvalue weighted by molar-refractivity contribution is -0.385. The molecule has 156 valence electrons. The number of unbranched alkanes of at least 4 members (excludes halogenated alkanes) is 10. The Morgan fingerprint density at radius 3 is 1.96 bits per heavy atom. The number of nitro groups is 1. The highest BCUT2D eigenvalue weighted by Crippen LogP contribution is 2.17. The first kappa shape index (κ1) is 23.6. The molecule has 0 aliphatic heterocycles. The molecule has 7 heteroatoms. The Balaban J connectivity index is 2.08. The fourth-order valence-corrected chi connectivity index (χ4v) is 3.03. The number of nitrogens with one attached hydrogen (secondary N) is 2. The summed E-state index contributed by atoms with van der Waals surface area (Å²) in [5.41, 5.74) is 4.19. The summed E-state index contributed by atoms with van der Waals surface area (Å²) in [5.74, 6) is -0.984. The zero-order valence-electron chi connectivity index (χ0n) is 16.9. The first-order valence-corrected chi connectivity index (χ1v) is 10.4. The van der Waals surface area contributed by atoms with E-state index in [1.807, 2.05) is 0 Å². The van der Waals surface area contributed by atoms with E-state index in [-0.39, 0.29) is 17.2 Å². The standard InChI is InChI=1S/C21H33N3O4/c1-2-3-4-5-6-7-8-9-10-11-12-17-20(25)22-23-21(26)18-15-13-14-16-19(18)24(27)28/h13-16H,2-12,17H2,1H3,(H,22,25)(H,23,26). The number of carbonyl (C=O) groups is 2. The summed E-state index contributed by atoms with van der Waals surface area (Å²) in [5, 5.41) is 10.9. The third-order valence-electron chi connectivity index (χ3n) is 4.67. The first-order chi connectivity index (χ1) is 13.6. The number of benzene rings is 1. The van der Waals surface area contributed by atoms with Crippen LogP contribution >= 0.6 is 0 Å². The van der Waals surface area contributed by atoms with E-state index in [0.29, 0.717) is 6.42 Å². The van der Waals surface area contributed by atoms with Crippen molar-refractivity contribution in [3.05, 3.63) is 39.9 Å². The van der Waals surface area contributed by atoms with Gasteiger partial charge in [0.15, 0.2) is 0 Å². The molecule has 1 aromatic rings. The minimum Gasteiger partial charge on any atom is -0.273 e. The highest BCUT2D eigenvalue weighted by Gasteiger charge is 2.19. The molecule has 0 fully saturated rings. The average molecular weight is 392 g/mol. The van der Waals surface area contributed by atoms with Crippen LogP contribution in [0.5, 0.6) is 0 Å². The van der Waals surface area contributed by atoms with Gasteiger partial charge in [0.1, 0.15) is 5.56 Å². The summed E-state index contributed by atoms with van der Waals surface area (Å²) < 4.78 is 0. The van der Waals surface area contributed by atoms with Gasteiger partial charge in [-0.1, -0.05) is 83.3 Å². The van der Waals surface area contributed by atoms with Crippen molar-refractivity contribution in [2.45, 2.75) is 84.0 Å². The Morgan fingerprint density at radius 2 is 1.39 bits per heavy atom.